The molecule has 0 saturated heterocycles. The third-order valence-electron chi connectivity index (χ3n) is 2.50. The second-order valence-corrected chi connectivity index (χ2v) is 5.51. The number of carbonyl (C=O) groups excluding carboxylic acids is 1. The lowest BCUT2D eigenvalue weighted by molar-refractivity contribution is -0.139. The molecule has 1 unspecified atom stereocenters. The molecule has 1 amide bonds. The Morgan fingerprint density at radius 2 is 2.10 bits per heavy atom. The van der Waals surface area contributed by atoms with Crippen molar-refractivity contribution in [2.45, 2.75) is 45.8 Å². The van der Waals surface area contributed by atoms with Gasteiger partial charge >= 0.3 is 12.1 Å². The van der Waals surface area contributed by atoms with Gasteiger partial charge in [0.15, 0.2) is 0 Å². The molecule has 2 N–H and O–H groups in total. The number of amides is 1. The Morgan fingerprint density at radius 1 is 1.45 bits per heavy atom. The van der Waals surface area contributed by atoms with Crippen molar-refractivity contribution in [3.63, 3.8) is 0 Å². The molecule has 1 aromatic heterocycles. The molecule has 1 aromatic rings. The second kappa shape index (κ2) is 6.36. The van der Waals surface area contributed by atoms with Crippen molar-refractivity contribution in [2.75, 3.05) is 0 Å². The monoisotopic (exact) mass is 280 g/mol. The summed E-state index contributed by atoms with van der Waals surface area (Å²) in [5.41, 5.74) is 0.842. The minimum Gasteiger partial charge on any atom is -0.480 e. The predicted molar refractivity (Wildman–Crippen MR) is 73.5 cm³/mol. The maximum absolute atomic E-state index is 11.6. The molecule has 0 fully saturated rings. The molecule has 0 radical (unpaired) electrons. The number of carbonyl (C=O) groups is 2. The molecule has 20 heavy (non-hydrogen) atoms. The molecule has 1 atom stereocenters. The average Bonchev–Trinajstić information content (AvgIpc) is 2.28. The van der Waals surface area contributed by atoms with Crippen molar-refractivity contribution in [1.82, 2.24) is 10.3 Å². The fraction of sp³-hybridized carbons (Fsp3) is 0.500. The maximum Gasteiger partial charge on any atom is 0.408 e. The van der Waals surface area contributed by atoms with E-state index in [2.05, 4.69) is 10.3 Å². The Balaban J connectivity index is 2.74. The van der Waals surface area contributed by atoms with Crippen molar-refractivity contribution >= 4 is 12.1 Å². The highest BCUT2D eigenvalue weighted by Gasteiger charge is 2.25. The number of aliphatic carboxylic acids is 1. The molecular formula is C14H20N2O4. The molecule has 6 heteroatoms. The first-order chi connectivity index (χ1) is 9.19. The molecule has 0 aromatic carbocycles. The Kier molecular flexibility index (Phi) is 5.07. The first-order valence-electron chi connectivity index (χ1n) is 6.32. The van der Waals surface area contributed by atoms with Crippen molar-refractivity contribution in [3.8, 4) is 0 Å². The summed E-state index contributed by atoms with van der Waals surface area (Å²) in [5, 5.41) is 11.5. The number of ether oxygens (including phenoxy) is 1. The smallest absolute Gasteiger partial charge is 0.408 e. The first kappa shape index (κ1) is 15.9. The van der Waals surface area contributed by atoms with Gasteiger partial charge in [0.25, 0.3) is 0 Å². The number of rotatable bonds is 4. The third-order valence-corrected chi connectivity index (χ3v) is 2.50. The topological polar surface area (TPSA) is 88.5 Å². The van der Waals surface area contributed by atoms with E-state index in [0.717, 1.165) is 5.56 Å². The van der Waals surface area contributed by atoms with Crippen LogP contribution in [-0.4, -0.2) is 33.8 Å². The summed E-state index contributed by atoms with van der Waals surface area (Å²) in [6.07, 6.45) is 0.953. The fourth-order valence-corrected chi connectivity index (χ4v) is 1.58. The average molecular weight is 280 g/mol. The van der Waals surface area contributed by atoms with E-state index in [-0.39, 0.29) is 6.42 Å². The Hall–Kier alpha value is -2.11. The highest BCUT2D eigenvalue weighted by Crippen LogP contribution is 2.09. The van der Waals surface area contributed by atoms with Crippen molar-refractivity contribution < 1.29 is 19.4 Å². The Morgan fingerprint density at radius 3 is 2.60 bits per heavy atom. The largest absolute Gasteiger partial charge is 0.480 e. The highest BCUT2D eigenvalue weighted by molar-refractivity contribution is 5.80. The van der Waals surface area contributed by atoms with E-state index in [9.17, 15) is 14.7 Å². The number of carboxylic acid groups (broad SMARTS) is 1. The van der Waals surface area contributed by atoms with Gasteiger partial charge in [0.2, 0.25) is 0 Å². The van der Waals surface area contributed by atoms with Crippen molar-refractivity contribution in [2.24, 2.45) is 0 Å². The minimum absolute atomic E-state index is 0.112. The lowest BCUT2D eigenvalue weighted by Gasteiger charge is -2.22. The van der Waals surface area contributed by atoms with Gasteiger partial charge in [-0.25, -0.2) is 9.59 Å². The van der Waals surface area contributed by atoms with E-state index in [0.29, 0.717) is 5.69 Å². The molecule has 110 valence electrons. The number of hydrogen-bond acceptors (Lipinski definition) is 4. The van der Waals surface area contributed by atoms with Crippen LogP contribution in [0.15, 0.2) is 18.3 Å². The van der Waals surface area contributed by atoms with Crippen LogP contribution in [0, 0.1) is 6.92 Å². The predicted octanol–water partition coefficient (Wildman–Crippen LogP) is 1.91. The number of aromatic nitrogens is 1. The van der Waals surface area contributed by atoms with Crippen LogP contribution in [-0.2, 0) is 16.0 Å². The number of carboxylic acids is 1. The normalized spacial score (nSPS) is 12.6. The first-order valence-corrected chi connectivity index (χ1v) is 6.32. The van der Waals surface area contributed by atoms with Crippen LogP contribution in [0.5, 0.6) is 0 Å². The molecule has 1 heterocycles. The van der Waals surface area contributed by atoms with Gasteiger partial charge in [0.1, 0.15) is 11.6 Å². The van der Waals surface area contributed by atoms with E-state index in [1.807, 2.05) is 13.0 Å². The summed E-state index contributed by atoms with van der Waals surface area (Å²) in [5.74, 6) is -1.12. The molecule has 0 saturated carbocycles. The van der Waals surface area contributed by atoms with Gasteiger partial charge in [-0.2, -0.15) is 0 Å². The fourth-order valence-electron chi connectivity index (χ4n) is 1.58. The molecule has 0 spiro atoms. The highest BCUT2D eigenvalue weighted by atomic mass is 16.6. The van der Waals surface area contributed by atoms with Crippen LogP contribution in [0.1, 0.15) is 32.0 Å². The van der Waals surface area contributed by atoms with Gasteiger partial charge in [0.05, 0.1) is 0 Å². The van der Waals surface area contributed by atoms with Gasteiger partial charge in [-0.05, 0) is 39.3 Å². The van der Waals surface area contributed by atoms with Crippen LogP contribution >= 0.6 is 0 Å². The molecular weight excluding hydrogens is 260 g/mol. The quantitative estimate of drug-likeness (QED) is 0.879. The summed E-state index contributed by atoms with van der Waals surface area (Å²) >= 11 is 0. The Bertz CT molecular complexity index is 494. The van der Waals surface area contributed by atoms with E-state index in [4.69, 9.17) is 4.74 Å². The van der Waals surface area contributed by atoms with E-state index >= 15 is 0 Å². The minimum atomic E-state index is -1.12. The van der Waals surface area contributed by atoms with Gasteiger partial charge in [0, 0.05) is 18.3 Å². The summed E-state index contributed by atoms with van der Waals surface area (Å²) in [6.45, 7) is 6.98. The van der Waals surface area contributed by atoms with Crippen molar-refractivity contribution in [3.05, 3.63) is 29.6 Å². The summed E-state index contributed by atoms with van der Waals surface area (Å²) < 4.78 is 5.05. The van der Waals surface area contributed by atoms with Crippen molar-refractivity contribution in [1.29, 1.82) is 0 Å². The standard InChI is InChI=1S/C14H20N2O4/c1-9-6-5-7-15-10(9)8-11(12(17)18)16-13(19)20-14(2,3)4/h5-7,11H,8H2,1-4H3,(H,16,19)(H,17,18). The Labute approximate surface area is 118 Å². The molecule has 0 aliphatic rings. The zero-order chi connectivity index (χ0) is 15.3. The third kappa shape index (κ3) is 5.26. The number of nitrogens with zero attached hydrogens (tertiary/aromatic N) is 1. The summed E-state index contributed by atoms with van der Waals surface area (Å²) in [7, 11) is 0. The molecule has 1 rings (SSSR count). The van der Waals surface area contributed by atoms with Gasteiger partial charge < -0.3 is 15.2 Å². The summed E-state index contributed by atoms with van der Waals surface area (Å²) in [4.78, 5) is 27.0. The lowest BCUT2D eigenvalue weighted by atomic mass is 10.1. The van der Waals surface area contributed by atoms with Gasteiger partial charge in [-0.1, -0.05) is 6.07 Å². The van der Waals surface area contributed by atoms with Crippen LogP contribution < -0.4 is 5.32 Å². The SMILES string of the molecule is Cc1cccnc1CC(NC(=O)OC(C)(C)C)C(=O)O. The second-order valence-electron chi connectivity index (χ2n) is 5.51. The van der Waals surface area contributed by atoms with Gasteiger partial charge in [-0.3, -0.25) is 4.98 Å². The van der Waals surface area contributed by atoms with Crippen LogP contribution in [0.4, 0.5) is 4.79 Å². The van der Waals surface area contributed by atoms with Gasteiger partial charge in [-0.15, -0.1) is 0 Å². The van der Waals surface area contributed by atoms with Crippen LogP contribution in [0.3, 0.4) is 0 Å². The number of hydrogen-bond donors (Lipinski definition) is 2. The summed E-state index contributed by atoms with van der Waals surface area (Å²) in [6, 6.07) is 2.54. The zero-order valence-electron chi connectivity index (χ0n) is 12.1. The van der Waals surface area contributed by atoms with Crippen LogP contribution in [0.2, 0.25) is 0 Å². The van der Waals surface area contributed by atoms with E-state index < -0.39 is 23.7 Å². The molecule has 0 bridgehead atoms. The number of pyridine rings is 1. The molecule has 0 aliphatic carbocycles. The van der Waals surface area contributed by atoms with E-state index in [1.165, 1.54) is 0 Å². The maximum atomic E-state index is 11.6. The number of alkyl carbamates (subject to hydrolysis) is 1. The number of nitrogens with one attached hydrogen (secondary N) is 1. The molecule has 6 nitrogen and oxygen atoms in total. The molecule has 0 aliphatic heterocycles. The zero-order valence-corrected chi connectivity index (χ0v) is 12.1. The van der Waals surface area contributed by atoms with Crippen LogP contribution in [0.25, 0.3) is 0 Å². The lowest BCUT2D eigenvalue weighted by Crippen LogP contribution is -2.44. The number of aryl methyl sites for hydroxylation is 1. The van der Waals surface area contributed by atoms with E-state index in [1.54, 1.807) is 33.0 Å².